The molecule has 0 N–H and O–H groups in total. The minimum atomic E-state index is -0.0226. The lowest BCUT2D eigenvalue weighted by Crippen LogP contribution is -2.66. The smallest absolute Gasteiger partial charge is 0.307 e. The first-order chi connectivity index (χ1) is 12.9. The summed E-state index contributed by atoms with van der Waals surface area (Å²) in [5, 5.41) is 0. The number of quaternary nitrogens is 1. The third-order valence-corrected chi connectivity index (χ3v) is 7.61. The van der Waals surface area contributed by atoms with Gasteiger partial charge in [-0.25, -0.2) is 0 Å². The van der Waals surface area contributed by atoms with Crippen molar-refractivity contribution in [3.8, 4) is 0 Å². The van der Waals surface area contributed by atoms with Crippen LogP contribution in [0.5, 0.6) is 0 Å². The highest BCUT2D eigenvalue weighted by molar-refractivity contribution is 5.69. The standard InChI is InChI=1S/C22H42N3O2/c1-23(2)13-11-22(26)27-17-19-15-18(20-9-5-7-12-24(20)3)16-25(4)14-8-6-10-21(19)25/h18-21H,5-17H2,1-4H3/q+1/t18?,19-,20?,21?,25?/m0/s1. The molecule has 156 valence electrons. The van der Waals surface area contributed by atoms with E-state index < -0.39 is 0 Å². The summed E-state index contributed by atoms with van der Waals surface area (Å²) in [5.41, 5.74) is 0. The van der Waals surface area contributed by atoms with E-state index in [1.807, 2.05) is 19.0 Å². The molecule has 3 aliphatic rings. The van der Waals surface area contributed by atoms with Crippen molar-refractivity contribution in [1.29, 1.82) is 0 Å². The second-order valence-corrected chi connectivity index (χ2v) is 9.98. The predicted octanol–water partition coefficient (Wildman–Crippen LogP) is 2.60. The van der Waals surface area contributed by atoms with E-state index in [1.54, 1.807) is 0 Å². The van der Waals surface area contributed by atoms with Crippen molar-refractivity contribution in [1.82, 2.24) is 9.80 Å². The lowest BCUT2D eigenvalue weighted by molar-refractivity contribution is -0.951. The van der Waals surface area contributed by atoms with Crippen molar-refractivity contribution < 1.29 is 14.0 Å². The van der Waals surface area contributed by atoms with Gasteiger partial charge in [0.05, 0.1) is 39.2 Å². The Labute approximate surface area is 166 Å². The molecule has 0 radical (unpaired) electrons. The average molecular weight is 381 g/mol. The molecule has 0 amide bonds. The number of ether oxygens (including phenoxy) is 1. The second kappa shape index (κ2) is 9.23. The molecular formula is C22H42N3O2+. The fourth-order valence-corrected chi connectivity index (χ4v) is 6.17. The van der Waals surface area contributed by atoms with Crippen LogP contribution in [0, 0.1) is 11.8 Å². The predicted molar refractivity (Wildman–Crippen MR) is 110 cm³/mol. The fraction of sp³-hybridized carbons (Fsp3) is 0.955. The van der Waals surface area contributed by atoms with E-state index in [4.69, 9.17) is 4.74 Å². The second-order valence-electron chi connectivity index (χ2n) is 9.98. The SMILES string of the molecule is CN(C)CCC(=O)OC[C@@H]1CC(C2CCCCN2C)C[N+]2(C)CCCCC12. The summed E-state index contributed by atoms with van der Waals surface area (Å²) in [6.07, 6.45) is 9.84. The lowest BCUT2D eigenvalue weighted by Gasteiger charge is -2.55. The van der Waals surface area contributed by atoms with Gasteiger partial charge in [0.2, 0.25) is 0 Å². The van der Waals surface area contributed by atoms with Gasteiger partial charge in [-0.05, 0) is 59.8 Å². The van der Waals surface area contributed by atoms with Crippen molar-refractivity contribution in [3.05, 3.63) is 0 Å². The zero-order valence-electron chi connectivity index (χ0n) is 18.2. The first kappa shape index (κ1) is 21.1. The number of piperidine rings is 3. The highest BCUT2D eigenvalue weighted by Gasteiger charge is 2.49. The molecule has 3 fully saturated rings. The van der Waals surface area contributed by atoms with E-state index in [0.717, 1.165) is 18.5 Å². The van der Waals surface area contributed by atoms with E-state index in [2.05, 4.69) is 19.0 Å². The van der Waals surface area contributed by atoms with E-state index in [-0.39, 0.29) is 5.97 Å². The number of hydrogen-bond acceptors (Lipinski definition) is 4. The van der Waals surface area contributed by atoms with Gasteiger partial charge in [0.25, 0.3) is 0 Å². The Bertz CT molecular complexity index is 498. The molecule has 3 heterocycles. The molecule has 4 unspecified atom stereocenters. The number of carbonyl (C=O) groups is 1. The zero-order valence-corrected chi connectivity index (χ0v) is 18.2. The van der Waals surface area contributed by atoms with Crippen LogP contribution in [-0.4, -0.2) is 93.3 Å². The molecule has 5 nitrogen and oxygen atoms in total. The molecule has 0 bridgehead atoms. The van der Waals surface area contributed by atoms with Gasteiger partial charge in [0.15, 0.2) is 0 Å². The molecule has 0 aromatic heterocycles. The number of likely N-dealkylation sites (tertiary alicyclic amines) is 1. The molecule has 0 aromatic carbocycles. The molecule has 5 heteroatoms. The maximum Gasteiger partial charge on any atom is 0.307 e. The highest BCUT2D eigenvalue weighted by atomic mass is 16.5. The van der Waals surface area contributed by atoms with Crippen molar-refractivity contribution in [3.63, 3.8) is 0 Å². The average Bonchev–Trinajstić information content (AvgIpc) is 2.64. The number of carbonyl (C=O) groups excluding carboxylic acids is 1. The normalized spacial score (nSPS) is 37.8. The first-order valence-corrected chi connectivity index (χ1v) is 11.2. The van der Waals surface area contributed by atoms with Crippen molar-refractivity contribution in [2.24, 2.45) is 11.8 Å². The molecule has 3 aliphatic heterocycles. The summed E-state index contributed by atoms with van der Waals surface area (Å²) >= 11 is 0. The minimum absolute atomic E-state index is 0.0226. The van der Waals surface area contributed by atoms with Crippen LogP contribution in [0.15, 0.2) is 0 Å². The van der Waals surface area contributed by atoms with Gasteiger partial charge < -0.3 is 19.0 Å². The number of nitrogens with zero attached hydrogens (tertiary/aromatic N) is 3. The number of rotatable bonds is 6. The van der Waals surface area contributed by atoms with Crippen LogP contribution in [0.2, 0.25) is 0 Å². The number of fused-ring (bicyclic) bond motifs is 1. The largest absolute Gasteiger partial charge is 0.465 e. The van der Waals surface area contributed by atoms with E-state index in [9.17, 15) is 4.79 Å². The van der Waals surface area contributed by atoms with Crippen LogP contribution in [0.1, 0.15) is 51.4 Å². The number of esters is 1. The van der Waals surface area contributed by atoms with Gasteiger partial charge in [-0.2, -0.15) is 0 Å². The summed E-state index contributed by atoms with van der Waals surface area (Å²) in [5.74, 6) is 1.26. The van der Waals surface area contributed by atoms with Crippen LogP contribution >= 0.6 is 0 Å². The van der Waals surface area contributed by atoms with Crippen LogP contribution < -0.4 is 0 Å². The molecule has 0 aromatic rings. The maximum atomic E-state index is 12.2. The van der Waals surface area contributed by atoms with Gasteiger partial charge in [0, 0.05) is 30.8 Å². The van der Waals surface area contributed by atoms with Crippen LogP contribution in [0.4, 0.5) is 0 Å². The summed E-state index contributed by atoms with van der Waals surface area (Å²) in [4.78, 5) is 16.9. The van der Waals surface area contributed by atoms with Gasteiger partial charge in [0.1, 0.15) is 0 Å². The third-order valence-electron chi connectivity index (χ3n) is 7.61. The molecule has 0 saturated carbocycles. The molecule has 3 saturated heterocycles. The third kappa shape index (κ3) is 5.24. The summed E-state index contributed by atoms with van der Waals surface area (Å²) in [7, 11) is 8.82. The Morgan fingerprint density at radius 3 is 2.70 bits per heavy atom. The van der Waals surface area contributed by atoms with E-state index >= 15 is 0 Å². The molecule has 3 rings (SSSR count). The molecular weight excluding hydrogens is 338 g/mol. The van der Waals surface area contributed by atoms with Crippen LogP contribution in [0.3, 0.4) is 0 Å². The molecule has 5 atom stereocenters. The van der Waals surface area contributed by atoms with Crippen LogP contribution in [0.25, 0.3) is 0 Å². The fourth-order valence-electron chi connectivity index (χ4n) is 6.17. The zero-order chi connectivity index (χ0) is 19.4. The Hall–Kier alpha value is -0.650. The van der Waals surface area contributed by atoms with Crippen molar-refractivity contribution >= 4 is 5.97 Å². The summed E-state index contributed by atoms with van der Waals surface area (Å²) in [6, 6.07) is 1.41. The molecule has 0 aliphatic carbocycles. The van der Waals surface area contributed by atoms with Crippen molar-refractivity contribution in [2.75, 3.05) is 61.0 Å². The van der Waals surface area contributed by atoms with Crippen LogP contribution in [-0.2, 0) is 9.53 Å². The first-order valence-electron chi connectivity index (χ1n) is 11.2. The monoisotopic (exact) mass is 380 g/mol. The quantitative estimate of drug-likeness (QED) is 0.524. The molecule has 0 spiro atoms. The van der Waals surface area contributed by atoms with E-state index in [0.29, 0.717) is 25.0 Å². The van der Waals surface area contributed by atoms with Gasteiger partial charge in [-0.15, -0.1) is 0 Å². The Morgan fingerprint density at radius 1 is 1.19 bits per heavy atom. The van der Waals surface area contributed by atoms with Gasteiger partial charge in [-0.3, -0.25) is 4.79 Å². The van der Waals surface area contributed by atoms with Gasteiger partial charge >= 0.3 is 5.97 Å². The number of hydrogen-bond donors (Lipinski definition) is 0. The Balaban J connectivity index is 1.65. The van der Waals surface area contributed by atoms with Crippen molar-refractivity contribution in [2.45, 2.75) is 63.5 Å². The van der Waals surface area contributed by atoms with Gasteiger partial charge in [-0.1, -0.05) is 6.42 Å². The highest BCUT2D eigenvalue weighted by Crippen LogP contribution is 2.41. The Kier molecular flexibility index (Phi) is 7.20. The Morgan fingerprint density at radius 2 is 1.96 bits per heavy atom. The lowest BCUT2D eigenvalue weighted by atomic mass is 9.73. The maximum absolute atomic E-state index is 12.2. The minimum Gasteiger partial charge on any atom is -0.465 e. The molecule has 27 heavy (non-hydrogen) atoms. The van der Waals surface area contributed by atoms with E-state index in [1.165, 1.54) is 69.1 Å². The summed E-state index contributed by atoms with van der Waals surface area (Å²) in [6.45, 7) is 5.29. The topological polar surface area (TPSA) is 32.8 Å². The summed E-state index contributed by atoms with van der Waals surface area (Å²) < 4.78 is 7.02.